The number of hydrogen-bond acceptors (Lipinski definition) is 3. The molecule has 0 aliphatic heterocycles. The molecular formula is C14H13N3S. The predicted molar refractivity (Wildman–Crippen MR) is 75.4 cm³/mol. The molecule has 0 spiro atoms. The van der Waals surface area contributed by atoms with Crippen LogP contribution in [-0.4, -0.2) is 20.8 Å². The summed E-state index contributed by atoms with van der Waals surface area (Å²) in [4.78, 5) is 8.73. The van der Waals surface area contributed by atoms with Crippen molar-refractivity contribution in [1.29, 1.82) is 0 Å². The average molecular weight is 255 g/mol. The van der Waals surface area contributed by atoms with E-state index >= 15 is 0 Å². The van der Waals surface area contributed by atoms with Gasteiger partial charge in [0.15, 0.2) is 5.16 Å². The molecule has 2 aromatic heterocycles. The molecule has 4 heteroatoms. The van der Waals surface area contributed by atoms with Gasteiger partial charge in [0.1, 0.15) is 5.82 Å². The molecule has 0 radical (unpaired) electrons. The Bertz CT molecular complexity index is 703. The molecule has 0 aliphatic carbocycles. The second kappa shape index (κ2) is 4.46. The molecule has 0 aliphatic rings. The van der Waals surface area contributed by atoms with Crippen molar-refractivity contribution in [2.45, 2.75) is 12.1 Å². The van der Waals surface area contributed by atoms with Crippen LogP contribution in [0.3, 0.4) is 0 Å². The fourth-order valence-corrected chi connectivity index (χ4v) is 2.35. The predicted octanol–water partition coefficient (Wildman–Crippen LogP) is 3.45. The van der Waals surface area contributed by atoms with Crippen molar-refractivity contribution in [2.24, 2.45) is 0 Å². The first kappa shape index (κ1) is 11.3. The van der Waals surface area contributed by atoms with Crippen LogP contribution in [0.2, 0.25) is 0 Å². The maximum Gasteiger partial charge on any atom is 0.189 e. The summed E-state index contributed by atoms with van der Waals surface area (Å²) < 4.78 is 2.10. The van der Waals surface area contributed by atoms with E-state index in [1.165, 1.54) is 16.5 Å². The SMILES string of the molecule is CSc1nccc(-n2ccc3ccc(C)cc32)n1. The maximum absolute atomic E-state index is 4.53. The highest BCUT2D eigenvalue weighted by atomic mass is 32.2. The Kier molecular flexibility index (Phi) is 2.80. The minimum atomic E-state index is 0.794. The van der Waals surface area contributed by atoms with E-state index in [9.17, 15) is 0 Å². The Morgan fingerprint density at radius 2 is 2.06 bits per heavy atom. The number of nitrogens with zero attached hydrogens (tertiary/aromatic N) is 3. The minimum absolute atomic E-state index is 0.794. The van der Waals surface area contributed by atoms with Crippen LogP contribution in [0.1, 0.15) is 5.56 Å². The van der Waals surface area contributed by atoms with E-state index in [1.807, 2.05) is 12.3 Å². The monoisotopic (exact) mass is 255 g/mol. The third-order valence-electron chi connectivity index (χ3n) is 2.90. The van der Waals surface area contributed by atoms with Crippen LogP contribution in [-0.2, 0) is 0 Å². The van der Waals surface area contributed by atoms with Crippen LogP contribution < -0.4 is 0 Å². The molecule has 0 amide bonds. The van der Waals surface area contributed by atoms with Gasteiger partial charge in [0, 0.05) is 17.8 Å². The Hall–Kier alpha value is -1.81. The van der Waals surface area contributed by atoms with Crippen molar-refractivity contribution in [2.75, 3.05) is 6.26 Å². The second-order valence-electron chi connectivity index (χ2n) is 4.15. The molecule has 3 aromatic rings. The number of hydrogen-bond donors (Lipinski definition) is 0. The van der Waals surface area contributed by atoms with Crippen LogP contribution in [0.4, 0.5) is 0 Å². The summed E-state index contributed by atoms with van der Waals surface area (Å²) in [6.07, 6.45) is 5.84. The molecule has 2 heterocycles. The first-order valence-electron chi connectivity index (χ1n) is 5.73. The molecule has 3 nitrogen and oxygen atoms in total. The number of aryl methyl sites for hydroxylation is 1. The topological polar surface area (TPSA) is 30.7 Å². The summed E-state index contributed by atoms with van der Waals surface area (Å²) in [6.45, 7) is 2.10. The molecule has 0 fully saturated rings. The highest BCUT2D eigenvalue weighted by molar-refractivity contribution is 7.98. The molecule has 3 rings (SSSR count). The normalized spacial score (nSPS) is 11.0. The van der Waals surface area contributed by atoms with Gasteiger partial charge in [-0.2, -0.15) is 0 Å². The van der Waals surface area contributed by atoms with Crippen LogP contribution in [0.25, 0.3) is 16.7 Å². The van der Waals surface area contributed by atoms with Gasteiger partial charge < -0.3 is 4.57 Å². The van der Waals surface area contributed by atoms with Crippen molar-refractivity contribution in [3.05, 3.63) is 48.3 Å². The molecule has 0 unspecified atom stereocenters. The van der Waals surface area contributed by atoms with E-state index in [-0.39, 0.29) is 0 Å². The van der Waals surface area contributed by atoms with Crippen molar-refractivity contribution < 1.29 is 0 Å². The maximum atomic E-state index is 4.53. The van der Waals surface area contributed by atoms with E-state index < -0.39 is 0 Å². The molecule has 90 valence electrons. The molecular weight excluding hydrogens is 242 g/mol. The van der Waals surface area contributed by atoms with Crippen LogP contribution >= 0.6 is 11.8 Å². The van der Waals surface area contributed by atoms with Crippen molar-refractivity contribution >= 4 is 22.7 Å². The molecule has 0 atom stereocenters. The van der Waals surface area contributed by atoms with Gasteiger partial charge in [0.05, 0.1) is 5.52 Å². The number of aromatic nitrogens is 3. The van der Waals surface area contributed by atoms with Gasteiger partial charge in [-0.1, -0.05) is 23.9 Å². The number of benzene rings is 1. The Labute approximate surface area is 110 Å². The summed E-state index contributed by atoms with van der Waals surface area (Å²) in [5.74, 6) is 0.912. The lowest BCUT2D eigenvalue weighted by molar-refractivity contribution is 0.908. The lowest BCUT2D eigenvalue weighted by Crippen LogP contribution is -1.97. The van der Waals surface area contributed by atoms with Gasteiger partial charge in [-0.15, -0.1) is 0 Å². The first-order valence-corrected chi connectivity index (χ1v) is 6.95. The second-order valence-corrected chi connectivity index (χ2v) is 4.92. The third kappa shape index (κ3) is 1.88. The van der Waals surface area contributed by atoms with E-state index in [0.717, 1.165) is 11.0 Å². The summed E-state index contributed by atoms with van der Waals surface area (Å²) in [6, 6.07) is 10.5. The van der Waals surface area contributed by atoms with Crippen LogP contribution in [0.15, 0.2) is 47.9 Å². The van der Waals surface area contributed by atoms with E-state index in [0.29, 0.717) is 0 Å². The van der Waals surface area contributed by atoms with Gasteiger partial charge >= 0.3 is 0 Å². The van der Waals surface area contributed by atoms with Crippen molar-refractivity contribution in [3.63, 3.8) is 0 Å². The fourth-order valence-electron chi connectivity index (χ4n) is 2.00. The highest BCUT2D eigenvalue weighted by Crippen LogP contribution is 2.21. The van der Waals surface area contributed by atoms with E-state index in [4.69, 9.17) is 0 Å². The number of rotatable bonds is 2. The Balaban J connectivity index is 2.21. The molecule has 1 aromatic carbocycles. The molecule has 0 saturated heterocycles. The van der Waals surface area contributed by atoms with Crippen molar-refractivity contribution in [1.82, 2.24) is 14.5 Å². The molecule has 0 bridgehead atoms. The fraction of sp³-hybridized carbons (Fsp3) is 0.143. The van der Waals surface area contributed by atoms with Crippen LogP contribution in [0.5, 0.6) is 0 Å². The zero-order valence-corrected chi connectivity index (χ0v) is 11.1. The molecule has 0 N–H and O–H groups in total. The van der Waals surface area contributed by atoms with Crippen molar-refractivity contribution in [3.8, 4) is 5.82 Å². The third-order valence-corrected chi connectivity index (χ3v) is 3.46. The summed E-state index contributed by atoms with van der Waals surface area (Å²) >= 11 is 1.55. The standard InChI is InChI=1S/C14H13N3S/c1-10-3-4-11-6-8-17(12(11)9-10)13-5-7-15-14(16-13)18-2/h3-9H,1-2H3. The van der Waals surface area contributed by atoms with Gasteiger partial charge in [-0.3, -0.25) is 0 Å². The zero-order chi connectivity index (χ0) is 12.5. The van der Waals surface area contributed by atoms with E-state index in [1.54, 1.807) is 18.0 Å². The summed E-state index contributed by atoms with van der Waals surface area (Å²) in [5.41, 5.74) is 2.43. The molecule has 18 heavy (non-hydrogen) atoms. The van der Waals surface area contributed by atoms with E-state index in [2.05, 4.69) is 51.9 Å². The minimum Gasteiger partial charge on any atom is -0.301 e. The summed E-state index contributed by atoms with van der Waals surface area (Å²) in [7, 11) is 0. The lowest BCUT2D eigenvalue weighted by atomic mass is 10.2. The number of fused-ring (bicyclic) bond motifs is 1. The Morgan fingerprint density at radius 3 is 2.89 bits per heavy atom. The Morgan fingerprint density at radius 1 is 1.17 bits per heavy atom. The van der Waals surface area contributed by atoms with Gasteiger partial charge in [-0.05, 0) is 36.9 Å². The first-order chi connectivity index (χ1) is 8.78. The average Bonchev–Trinajstić information content (AvgIpc) is 2.81. The van der Waals surface area contributed by atoms with Gasteiger partial charge in [0.25, 0.3) is 0 Å². The summed E-state index contributed by atoms with van der Waals surface area (Å²) in [5, 5.41) is 2.02. The highest BCUT2D eigenvalue weighted by Gasteiger charge is 2.05. The quantitative estimate of drug-likeness (QED) is 0.519. The largest absolute Gasteiger partial charge is 0.301 e. The lowest BCUT2D eigenvalue weighted by Gasteiger charge is -2.05. The van der Waals surface area contributed by atoms with Crippen LogP contribution in [0, 0.1) is 6.92 Å². The number of thioether (sulfide) groups is 1. The van der Waals surface area contributed by atoms with Gasteiger partial charge in [-0.25, -0.2) is 9.97 Å². The van der Waals surface area contributed by atoms with Gasteiger partial charge in [0.2, 0.25) is 0 Å². The smallest absolute Gasteiger partial charge is 0.189 e. The molecule has 0 saturated carbocycles. The zero-order valence-electron chi connectivity index (χ0n) is 10.3.